The topological polar surface area (TPSA) is 35.8 Å². The van der Waals surface area contributed by atoms with Gasteiger partial charge in [0.15, 0.2) is 0 Å². The normalized spacial score (nSPS) is 10.2. The van der Waals surface area contributed by atoms with Crippen LogP contribution in [0.25, 0.3) is 0 Å². The number of nitrogens with zero attached hydrogens (tertiary/aromatic N) is 1. The molecule has 0 bridgehead atoms. The van der Waals surface area contributed by atoms with Gasteiger partial charge in [-0.2, -0.15) is 5.26 Å². The van der Waals surface area contributed by atoms with Gasteiger partial charge in [0.1, 0.15) is 10.9 Å². The van der Waals surface area contributed by atoms with Crippen molar-refractivity contribution in [1.29, 1.82) is 5.26 Å². The first-order chi connectivity index (χ1) is 5.72. The minimum atomic E-state index is 0.496. The van der Waals surface area contributed by atoms with E-state index in [1.54, 1.807) is 0 Å². The molecule has 0 saturated carbocycles. The molecule has 2 nitrogen and oxygen atoms in total. The van der Waals surface area contributed by atoms with Crippen LogP contribution in [-0.4, -0.2) is 6.04 Å². The minimum Gasteiger partial charge on any atom is -0.310 e. The minimum absolute atomic E-state index is 0.496. The van der Waals surface area contributed by atoms with Crippen LogP contribution in [0.15, 0.2) is 11.4 Å². The third kappa shape index (κ3) is 2.65. The summed E-state index contributed by atoms with van der Waals surface area (Å²) in [6.45, 7) is 5.07. The standard InChI is InChI=1S/C9H12N2S/c1-7(2)11-5-8-3-9(4-10)12-6-8/h3,6-7,11H,5H2,1-2H3. The van der Waals surface area contributed by atoms with Crippen LogP contribution in [0.3, 0.4) is 0 Å². The molecule has 1 aromatic rings. The van der Waals surface area contributed by atoms with Crippen LogP contribution >= 0.6 is 11.3 Å². The SMILES string of the molecule is CC(C)NCc1csc(C#N)c1. The monoisotopic (exact) mass is 180 g/mol. The summed E-state index contributed by atoms with van der Waals surface area (Å²) in [6.07, 6.45) is 0. The van der Waals surface area contributed by atoms with Crippen molar-refractivity contribution in [3.8, 4) is 6.07 Å². The van der Waals surface area contributed by atoms with E-state index < -0.39 is 0 Å². The van der Waals surface area contributed by atoms with Crippen molar-refractivity contribution in [2.24, 2.45) is 0 Å². The van der Waals surface area contributed by atoms with E-state index in [9.17, 15) is 0 Å². The predicted octanol–water partition coefficient (Wildman–Crippen LogP) is 2.12. The van der Waals surface area contributed by atoms with Crippen LogP contribution < -0.4 is 5.32 Å². The van der Waals surface area contributed by atoms with Gasteiger partial charge in [0.25, 0.3) is 0 Å². The van der Waals surface area contributed by atoms with E-state index in [4.69, 9.17) is 5.26 Å². The summed E-state index contributed by atoms with van der Waals surface area (Å²) in [5, 5.41) is 13.9. The molecule has 0 spiro atoms. The number of hydrogen-bond acceptors (Lipinski definition) is 3. The number of thiophene rings is 1. The number of rotatable bonds is 3. The van der Waals surface area contributed by atoms with Gasteiger partial charge in [-0.3, -0.25) is 0 Å². The Labute approximate surface area is 76.8 Å². The maximum absolute atomic E-state index is 8.57. The molecule has 0 aliphatic heterocycles. The molecule has 0 amide bonds. The van der Waals surface area contributed by atoms with Crippen LogP contribution in [0, 0.1) is 11.3 Å². The average molecular weight is 180 g/mol. The van der Waals surface area contributed by atoms with Gasteiger partial charge in [-0.25, -0.2) is 0 Å². The zero-order valence-corrected chi connectivity index (χ0v) is 8.11. The Kier molecular flexibility index (Phi) is 3.27. The van der Waals surface area contributed by atoms with Crippen molar-refractivity contribution in [2.75, 3.05) is 0 Å². The van der Waals surface area contributed by atoms with E-state index in [1.165, 1.54) is 16.9 Å². The molecule has 3 heteroatoms. The third-order valence-electron chi connectivity index (χ3n) is 1.48. The molecule has 0 saturated heterocycles. The Bertz CT molecular complexity index is 283. The van der Waals surface area contributed by atoms with E-state index in [0.717, 1.165) is 11.4 Å². The van der Waals surface area contributed by atoms with Gasteiger partial charge in [0, 0.05) is 12.6 Å². The van der Waals surface area contributed by atoms with E-state index >= 15 is 0 Å². The van der Waals surface area contributed by atoms with Crippen LogP contribution in [0.5, 0.6) is 0 Å². The summed E-state index contributed by atoms with van der Waals surface area (Å²) in [5.74, 6) is 0. The molecule has 1 N–H and O–H groups in total. The highest BCUT2D eigenvalue weighted by Gasteiger charge is 1.98. The van der Waals surface area contributed by atoms with Gasteiger partial charge in [0.2, 0.25) is 0 Å². The predicted molar refractivity (Wildman–Crippen MR) is 51.0 cm³/mol. The first kappa shape index (κ1) is 9.24. The van der Waals surface area contributed by atoms with Crippen molar-refractivity contribution < 1.29 is 0 Å². The Hall–Kier alpha value is -0.850. The molecule has 1 heterocycles. The van der Waals surface area contributed by atoms with Gasteiger partial charge < -0.3 is 5.32 Å². The Morgan fingerprint density at radius 2 is 2.42 bits per heavy atom. The molecule has 0 radical (unpaired) electrons. The zero-order valence-electron chi connectivity index (χ0n) is 7.29. The smallest absolute Gasteiger partial charge is 0.110 e. The summed E-state index contributed by atoms with van der Waals surface area (Å²) in [6, 6.07) is 4.55. The molecule has 0 aliphatic carbocycles. The van der Waals surface area contributed by atoms with Crippen molar-refractivity contribution in [1.82, 2.24) is 5.32 Å². The lowest BCUT2D eigenvalue weighted by Gasteiger charge is -2.05. The molecular formula is C9H12N2S. The summed E-state index contributed by atoms with van der Waals surface area (Å²) in [5.41, 5.74) is 1.20. The summed E-state index contributed by atoms with van der Waals surface area (Å²) >= 11 is 1.50. The second kappa shape index (κ2) is 4.24. The van der Waals surface area contributed by atoms with E-state index in [0.29, 0.717) is 6.04 Å². The molecule has 12 heavy (non-hydrogen) atoms. The number of nitriles is 1. The Morgan fingerprint density at radius 1 is 1.67 bits per heavy atom. The fourth-order valence-corrected chi connectivity index (χ4v) is 1.55. The lowest BCUT2D eigenvalue weighted by Crippen LogP contribution is -2.21. The quantitative estimate of drug-likeness (QED) is 0.773. The number of hydrogen-bond donors (Lipinski definition) is 1. The highest BCUT2D eigenvalue weighted by molar-refractivity contribution is 7.10. The highest BCUT2D eigenvalue weighted by Crippen LogP contribution is 2.12. The molecule has 64 valence electrons. The second-order valence-corrected chi connectivity index (χ2v) is 3.88. The first-order valence-electron chi connectivity index (χ1n) is 3.93. The van der Waals surface area contributed by atoms with Gasteiger partial charge >= 0.3 is 0 Å². The second-order valence-electron chi connectivity index (χ2n) is 2.97. The fourth-order valence-electron chi connectivity index (χ4n) is 0.849. The average Bonchev–Trinajstić information content (AvgIpc) is 2.48. The van der Waals surface area contributed by atoms with Gasteiger partial charge in [-0.1, -0.05) is 13.8 Å². The Balaban J connectivity index is 2.48. The summed E-state index contributed by atoms with van der Waals surface area (Å²) in [4.78, 5) is 0.788. The van der Waals surface area contributed by atoms with E-state index in [2.05, 4.69) is 25.2 Å². The molecule has 0 fully saturated rings. The maximum atomic E-state index is 8.57. The molecular weight excluding hydrogens is 168 g/mol. The lowest BCUT2D eigenvalue weighted by atomic mass is 10.3. The van der Waals surface area contributed by atoms with Crippen LogP contribution in [0.2, 0.25) is 0 Å². The van der Waals surface area contributed by atoms with Crippen molar-refractivity contribution >= 4 is 11.3 Å². The van der Waals surface area contributed by atoms with E-state index in [-0.39, 0.29) is 0 Å². The van der Waals surface area contributed by atoms with Crippen molar-refractivity contribution in [2.45, 2.75) is 26.4 Å². The first-order valence-corrected chi connectivity index (χ1v) is 4.81. The molecule has 0 aromatic carbocycles. The molecule has 1 rings (SSSR count). The molecule has 0 unspecified atom stereocenters. The lowest BCUT2D eigenvalue weighted by molar-refractivity contribution is 0.589. The third-order valence-corrected chi connectivity index (χ3v) is 2.36. The molecule has 1 aromatic heterocycles. The largest absolute Gasteiger partial charge is 0.310 e. The van der Waals surface area contributed by atoms with Crippen molar-refractivity contribution in [3.05, 3.63) is 21.9 Å². The van der Waals surface area contributed by atoms with Crippen LogP contribution in [-0.2, 0) is 6.54 Å². The summed E-state index contributed by atoms with van der Waals surface area (Å²) in [7, 11) is 0. The number of nitrogens with one attached hydrogen (secondary N) is 1. The molecule has 0 aliphatic rings. The molecule has 0 atom stereocenters. The van der Waals surface area contributed by atoms with Crippen LogP contribution in [0.1, 0.15) is 24.3 Å². The maximum Gasteiger partial charge on any atom is 0.110 e. The highest BCUT2D eigenvalue weighted by atomic mass is 32.1. The van der Waals surface area contributed by atoms with Crippen LogP contribution in [0.4, 0.5) is 0 Å². The fraction of sp³-hybridized carbons (Fsp3) is 0.444. The van der Waals surface area contributed by atoms with Gasteiger partial charge in [-0.15, -0.1) is 11.3 Å². The van der Waals surface area contributed by atoms with Gasteiger partial charge in [0.05, 0.1) is 0 Å². The zero-order chi connectivity index (χ0) is 8.97. The van der Waals surface area contributed by atoms with Crippen molar-refractivity contribution in [3.63, 3.8) is 0 Å². The Morgan fingerprint density at radius 3 is 2.92 bits per heavy atom. The van der Waals surface area contributed by atoms with E-state index in [1.807, 2.05) is 11.4 Å². The summed E-state index contributed by atoms with van der Waals surface area (Å²) < 4.78 is 0. The van der Waals surface area contributed by atoms with Gasteiger partial charge in [-0.05, 0) is 17.0 Å².